The van der Waals surface area contributed by atoms with Gasteiger partial charge in [-0.05, 0) is 36.2 Å². The van der Waals surface area contributed by atoms with E-state index in [2.05, 4.69) is 4.37 Å². The maximum atomic E-state index is 11.6. The number of hydrogen-bond acceptors (Lipinski definition) is 5. The Labute approximate surface area is 96.8 Å². The average Bonchev–Trinajstić information content (AvgIpc) is 2.65. The number of nitrogens with two attached hydrogens (primary N) is 1. The van der Waals surface area contributed by atoms with E-state index in [0.29, 0.717) is 16.4 Å². The summed E-state index contributed by atoms with van der Waals surface area (Å²) >= 11 is 1.03. The Bertz CT molecular complexity index is 522. The lowest BCUT2D eigenvalue weighted by Crippen LogP contribution is -2.06. The van der Waals surface area contributed by atoms with Crippen molar-refractivity contribution < 1.29 is 9.53 Å². The quantitative estimate of drug-likeness (QED) is 0.639. The van der Waals surface area contributed by atoms with Crippen LogP contribution in [0.3, 0.4) is 0 Å². The highest BCUT2D eigenvalue weighted by Crippen LogP contribution is 2.17. The Morgan fingerprint density at radius 1 is 1.44 bits per heavy atom. The third kappa shape index (κ3) is 2.38. The minimum absolute atomic E-state index is 0.334. The van der Waals surface area contributed by atoms with Crippen LogP contribution < -0.4 is 10.5 Å². The number of nitrogen functional groups attached to an aromatic ring is 1. The molecule has 0 aliphatic carbocycles. The van der Waals surface area contributed by atoms with Crippen molar-refractivity contribution in [1.82, 2.24) is 4.37 Å². The molecule has 4 nitrogen and oxygen atoms in total. The van der Waals surface area contributed by atoms with Gasteiger partial charge in [-0.3, -0.25) is 0 Å². The molecule has 2 rings (SSSR count). The number of ether oxygens (including phenoxy) is 1. The van der Waals surface area contributed by atoms with Crippen molar-refractivity contribution in [2.24, 2.45) is 0 Å². The molecule has 0 aliphatic heterocycles. The van der Waals surface area contributed by atoms with Crippen LogP contribution in [-0.4, -0.2) is 10.3 Å². The summed E-state index contributed by atoms with van der Waals surface area (Å²) in [6.45, 7) is 1.93. The largest absolute Gasteiger partial charge is 0.422 e. The molecule has 1 aromatic carbocycles. The molecule has 2 aromatic rings. The molecule has 82 valence electrons. The van der Waals surface area contributed by atoms with Gasteiger partial charge in [-0.2, -0.15) is 4.37 Å². The highest BCUT2D eigenvalue weighted by atomic mass is 32.1. The third-order valence-electron chi connectivity index (χ3n) is 1.93. The number of aromatic nitrogens is 1. The minimum Gasteiger partial charge on any atom is -0.422 e. The fourth-order valence-electron chi connectivity index (χ4n) is 1.22. The summed E-state index contributed by atoms with van der Waals surface area (Å²) in [5, 5.41) is 0. The van der Waals surface area contributed by atoms with Gasteiger partial charge in [0.15, 0.2) is 0 Å². The Balaban J connectivity index is 2.13. The SMILES string of the molecule is Cc1cccc(OC(=O)c2cc(N)ns2)c1. The van der Waals surface area contributed by atoms with Gasteiger partial charge in [0.25, 0.3) is 0 Å². The molecule has 16 heavy (non-hydrogen) atoms. The summed E-state index contributed by atoms with van der Waals surface area (Å²) in [5.41, 5.74) is 6.46. The van der Waals surface area contributed by atoms with Gasteiger partial charge >= 0.3 is 5.97 Å². The molecule has 5 heteroatoms. The summed E-state index contributed by atoms with van der Waals surface area (Å²) in [6, 6.07) is 8.79. The first-order valence-electron chi connectivity index (χ1n) is 4.66. The Hall–Kier alpha value is -1.88. The van der Waals surface area contributed by atoms with E-state index in [1.165, 1.54) is 6.07 Å². The summed E-state index contributed by atoms with van der Waals surface area (Å²) in [7, 11) is 0. The average molecular weight is 234 g/mol. The van der Waals surface area contributed by atoms with E-state index in [0.717, 1.165) is 17.1 Å². The number of nitrogens with zero attached hydrogens (tertiary/aromatic N) is 1. The fourth-order valence-corrected chi connectivity index (χ4v) is 1.77. The number of rotatable bonds is 2. The molecule has 1 aromatic heterocycles. The van der Waals surface area contributed by atoms with Gasteiger partial charge in [-0.15, -0.1) is 0 Å². The second-order valence-electron chi connectivity index (χ2n) is 3.32. The molecule has 0 radical (unpaired) electrons. The smallest absolute Gasteiger partial charge is 0.355 e. The second kappa shape index (κ2) is 4.32. The van der Waals surface area contributed by atoms with Crippen molar-refractivity contribution in [2.45, 2.75) is 6.92 Å². The zero-order chi connectivity index (χ0) is 11.5. The van der Waals surface area contributed by atoms with Crippen LogP contribution in [0, 0.1) is 6.92 Å². The Morgan fingerprint density at radius 3 is 2.88 bits per heavy atom. The zero-order valence-electron chi connectivity index (χ0n) is 8.64. The standard InChI is InChI=1S/C11H10N2O2S/c1-7-3-2-4-8(5-7)15-11(14)9-6-10(12)13-16-9/h2-6H,1H3,(H2,12,13). The number of anilines is 1. The lowest BCUT2D eigenvalue weighted by Gasteiger charge is -2.02. The lowest BCUT2D eigenvalue weighted by molar-refractivity contribution is 0.0740. The fraction of sp³-hybridized carbons (Fsp3) is 0.0909. The van der Waals surface area contributed by atoms with Gasteiger partial charge in [0, 0.05) is 6.07 Å². The zero-order valence-corrected chi connectivity index (χ0v) is 9.45. The molecular weight excluding hydrogens is 224 g/mol. The van der Waals surface area contributed by atoms with Gasteiger partial charge in [0.05, 0.1) is 0 Å². The van der Waals surface area contributed by atoms with Crippen molar-refractivity contribution in [3.8, 4) is 5.75 Å². The number of esters is 1. The highest BCUT2D eigenvalue weighted by molar-refractivity contribution is 7.08. The molecule has 0 unspecified atom stereocenters. The minimum atomic E-state index is -0.431. The maximum absolute atomic E-state index is 11.6. The molecule has 0 fully saturated rings. The predicted octanol–water partition coefficient (Wildman–Crippen LogP) is 2.25. The van der Waals surface area contributed by atoms with E-state index in [-0.39, 0.29) is 0 Å². The van der Waals surface area contributed by atoms with Gasteiger partial charge in [-0.1, -0.05) is 12.1 Å². The van der Waals surface area contributed by atoms with Crippen molar-refractivity contribution in [2.75, 3.05) is 5.73 Å². The third-order valence-corrected chi connectivity index (χ3v) is 2.71. The second-order valence-corrected chi connectivity index (χ2v) is 4.13. The van der Waals surface area contributed by atoms with E-state index in [9.17, 15) is 4.79 Å². The number of carbonyl (C=O) groups excluding carboxylic acids is 1. The molecule has 0 bridgehead atoms. The molecular formula is C11H10N2O2S. The van der Waals surface area contributed by atoms with Crippen LogP contribution >= 0.6 is 11.5 Å². The van der Waals surface area contributed by atoms with Crippen molar-refractivity contribution in [1.29, 1.82) is 0 Å². The highest BCUT2D eigenvalue weighted by Gasteiger charge is 2.11. The van der Waals surface area contributed by atoms with Crippen LogP contribution in [0.5, 0.6) is 5.75 Å². The van der Waals surface area contributed by atoms with Crippen molar-refractivity contribution >= 4 is 23.3 Å². The number of aryl methyl sites for hydroxylation is 1. The van der Waals surface area contributed by atoms with Crippen LogP contribution in [0.25, 0.3) is 0 Å². The maximum Gasteiger partial charge on any atom is 0.355 e. The molecule has 0 saturated carbocycles. The van der Waals surface area contributed by atoms with Gasteiger partial charge < -0.3 is 10.5 Å². The first kappa shape index (κ1) is 10.6. The first-order chi connectivity index (χ1) is 7.65. The normalized spacial score (nSPS) is 10.1. The number of benzene rings is 1. The lowest BCUT2D eigenvalue weighted by atomic mass is 10.2. The topological polar surface area (TPSA) is 65.2 Å². The summed E-state index contributed by atoms with van der Waals surface area (Å²) in [5.74, 6) is 0.429. The van der Waals surface area contributed by atoms with Crippen LogP contribution in [0.1, 0.15) is 15.2 Å². The van der Waals surface area contributed by atoms with Gasteiger partial charge in [0.2, 0.25) is 0 Å². The summed E-state index contributed by atoms with van der Waals surface area (Å²) in [4.78, 5) is 12.0. The van der Waals surface area contributed by atoms with Crippen LogP contribution in [-0.2, 0) is 0 Å². The molecule has 0 aliphatic rings. The van der Waals surface area contributed by atoms with Gasteiger partial charge in [0.1, 0.15) is 16.4 Å². The van der Waals surface area contributed by atoms with E-state index in [1.807, 2.05) is 19.1 Å². The van der Waals surface area contributed by atoms with Crippen LogP contribution in [0.15, 0.2) is 30.3 Å². The van der Waals surface area contributed by atoms with Crippen molar-refractivity contribution in [3.05, 3.63) is 40.8 Å². The number of hydrogen-bond donors (Lipinski definition) is 1. The Morgan fingerprint density at radius 2 is 2.25 bits per heavy atom. The summed E-state index contributed by atoms with van der Waals surface area (Å²) in [6.07, 6.45) is 0. The monoisotopic (exact) mass is 234 g/mol. The Kier molecular flexibility index (Phi) is 2.87. The first-order valence-corrected chi connectivity index (χ1v) is 5.43. The molecule has 0 spiro atoms. The number of carbonyl (C=O) groups is 1. The van der Waals surface area contributed by atoms with Crippen LogP contribution in [0.2, 0.25) is 0 Å². The molecule has 2 N–H and O–H groups in total. The molecule has 0 saturated heterocycles. The molecule has 0 atom stereocenters. The summed E-state index contributed by atoms with van der Waals surface area (Å²) < 4.78 is 8.99. The van der Waals surface area contributed by atoms with Crippen LogP contribution in [0.4, 0.5) is 5.82 Å². The van der Waals surface area contributed by atoms with E-state index < -0.39 is 5.97 Å². The van der Waals surface area contributed by atoms with E-state index >= 15 is 0 Å². The van der Waals surface area contributed by atoms with E-state index in [1.54, 1.807) is 12.1 Å². The molecule has 1 heterocycles. The van der Waals surface area contributed by atoms with Crippen molar-refractivity contribution in [3.63, 3.8) is 0 Å². The van der Waals surface area contributed by atoms with E-state index in [4.69, 9.17) is 10.5 Å². The molecule has 0 amide bonds. The predicted molar refractivity (Wildman–Crippen MR) is 62.7 cm³/mol. The van der Waals surface area contributed by atoms with Gasteiger partial charge in [-0.25, -0.2) is 4.79 Å².